The summed E-state index contributed by atoms with van der Waals surface area (Å²) in [5.41, 5.74) is 1.42. The van der Waals surface area contributed by atoms with E-state index >= 15 is 0 Å². The summed E-state index contributed by atoms with van der Waals surface area (Å²) in [6.45, 7) is 2.75. The molecule has 0 saturated heterocycles. The number of benzene rings is 2. The largest absolute Gasteiger partial charge is 0.494 e. The van der Waals surface area contributed by atoms with Gasteiger partial charge in [0.1, 0.15) is 5.75 Å². The van der Waals surface area contributed by atoms with Gasteiger partial charge >= 0.3 is 0 Å². The van der Waals surface area contributed by atoms with Crippen LogP contribution < -0.4 is 10.1 Å². The van der Waals surface area contributed by atoms with Crippen molar-refractivity contribution in [3.8, 4) is 5.75 Å². The number of halogens is 1. The van der Waals surface area contributed by atoms with Crippen molar-refractivity contribution >= 4 is 34.2 Å². The van der Waals surface area contributed by atoms with Crippen molar-refractivity contribution in [1.29, 1.82) is 0 Å². The molecular formula is C16H16INO2. The van der Waals surface area contributed by atoms with Gasteiger partial charge in [-0.15, -0.1) is 0 Å². The first-order valence-corrected chi connectivity index (χ1v) is 7.56. The number of hydrogen-bond donors (Lipinski definition) is 1. The minimum absolute atomic E-state index is 0.117. The zero-order valence-electron chi connectivity index (χ0n) is 11.2. The summed E-state index contributed by atoms with van der Waals surface area (Å²) in [5.74, 6) is 0.673. The summed E-state index contributed by atoms with van der Waals surface area (Å²) in [7, 11) is 0. The van der Waals surface area contributed by atoms with E-state index in [1.165, 1.54) is 0 Å². The summed E-state index contributed by atoms with van der Waals surface area (Å²) < 4.78 is 6.58. The van der Waals surface area contributed by atoms with Gasteiger partial charge in [0.2, 0.25) is 0 Å². The molecule has 2 rings (SSSR count). The van der Waals surface area contributed by atoms with E-state index in [0.29, 0.717) is 12.2 Å². The number of carbonyl (C=O) groups excluding carboxylic acids is 1. The zero-order valence-corrected chi connectivity index (χ0v) is 13.4. The third-order valence-corrected chi connectivity index (χ3v) is 3.34. The van der Waals surface area contributed by atoms with Crippen molar-refractivity contribution < 1.29 is 9.53 Å². The molecule has 104 valence electrons. The molecule has 4 heteroatoms. The van der Waals surface area contributed by atoms with Gasteiger partial charge in [-0.1, -0.05) is 13.0 Å². The Labute approximate surface area is 132 Å². The standard InChI is InChI=1S/C16H16INO2/c1-2-10-20-15-8-6-12(7-9-15)16(19)18-14-5-3-4-13(17)11-14/h3-9,11H,2,10H2,1H3,(H,18,19). The molecule has 1 amide bonds. The van der Waals surface area contributed by atoms with Gasteiger partial charge < -0.3 is 10.1 Å². The van der Waals surface area contributed by atoms with Gasteiger partial charge in [-0.05, 0) is 71.5 Å². The lowest BCUT2D eigenvalue weighted by Gasteiger charge is -2.07. The molecule has 0 unspecified atom stereocenters. The highest BCUT2D eigenvalue weighted by Crippen LogP contribution is 2.16. The molecule has 2 aromatic rings. The topological polar surface area (TPSA) is 38.3 Å². The number of rotatable bonds is 5. The monoisotopic (exact) mass is 381 g/mol. The van der Waals surface area contributed by atoms with Gasteiger partial charge in [0, 0.05) is 14.8 Å². The van der Waals surface area contributed by atoms with Crippen molar-refractivity contribution in [2.24, 2.45) is 0 Å². The van der Waals surface area contributed by atoms with Crippen molar-refractivity contribution in [2.75, 3.05) is 11.9 Å². The van der Waals surface area contributed by atoms with Crippen LogP contribution in [0.5, 0.6) is 5.75 Å². The molecule has 0 radical (unpaired) electrons. The molecule has 0 aliphatic heterocycles. The van der Waals surface area contributed by atoms with Crippen LogP contribution in [0, 0.1) is 3.57 Å². The molecule has 0 aliphatic carbocycles. The van der Waals surface area contributed by atoms with E-state index in [0.717, 1.165) is 21.4 Å². The molecule has 0 saturated carbocycles. The Morgan fingerprint density at radius 3 is 2.60 bits per heavy atom. The number of anilines is 1. The summed E-state index contributed by atoms with van der Waals surface area (Å²) in [6.07, 6.45) is 0.967. The number of ether oxygens (including phenoxy) is 1. The fraction of sp³-hybridized carbons (Fsp3) is 0.188. The van der Waals surface area contributed by atoms with Crippen LogP contribution in [-0.4, -0.2) is 12.5 Å². The maximum Gasteiger partial charge on any atom is 0.255 e. The SMILES string of the molecule is CCCOc1ccc(C(=O)Nc2cccc(I)c2)cc1. The fourth-order valence-electron chi connectivity index (χ4n) is 1.69. The van der Waals surface area contributed by atoms with Gasteiger partial charge in [-0.2, -0.15) is 0 Å². The predicted molar refractivity (Wildman–Crippen MR) is 89.3 cm³/mol. The van der Waals surface area contributed by atoms with Gasteiger partial charge in [-0.3, -0.25) is 4.79 Å². The third-order valence-electron chi connectivity index (χ3n) is 2.67. The highest BCUT2D eigenvalue weighted by molar-refractivity contribution is 14.1. The van der Waals surface area contributed by atoms with E-state index in [2.05, 4.69) is 34.8 Å². The first kappa shape index (κ1) is 14.8. The predicted octanol–water partition coefficient (Wildman–Crippen LogP) is 4.33. The summed E-state index contributed by atoms with van der Waals surface area (Å²) in [5, 5.41) is 2.88. The second-order valence-electron chi connectivity index (χ2n) is 4.34. The first-order valence-electron chi connectivity index (χ1n) is 6.49. The number of carbonyl (C=O) groups is 1. The van der Waals surface area contributed by atoms with Crippen LogP contribution in [0.2, 0.25) is 0 Å². The molecule has 0 aliphatic rings. The molecule has 0 heterocycles. The van der Waals surface area contributed by atoms with Crippen molar-refractivity contribution in [2.45, 2.75) is 13.3 Å². The zero-order chi connectivity index (χ0) is 14.4. The average molecular weight is 381 g/mol. The van der Waals surface area contributed by atoms with Gasteiger partial charge in [0.05, 0.1) is 6.61 Å². The lowest BCUT2D eigenvalue weighted by atomic mass is 10.2. The van der Waals surface area contributed by atoms with Crippen LogP contribution in [0.3, 0.4) is 0 Å². The molecule has 2 aromatic carbocycles. The highest BCUT2D eigenvalue weighted by atomic mass is 127. The van der Waals surface area contributed by atoms with Gasteiger partial charge in [-0.25, -0.2) is 0 Å². The molecule has 1 N–H and O–H groups in total. The van der Waals surface area contributed by atoms with Crippen LogP contribution >= 0.6 is 22.6 Å². The van der Waals surface area contributed by atoms with Crippen LogP contribution in [-0.2, 0) is 0 Å². The molecule has 20 heavy (non-hydrogen) atoms. The van der Waals surface area contributed by atoms with Crippen LogP contribution in [0.15, 0.2) is 48.5 Å². The van der Waals surface area contributed by atoms with E-state index in [1.807, 2.05) is 36.4 Å². The van der Waals surface area contributed by atoms with Crippen LogP contribution in [0.25, 0.3) is 0 Å². The Hall–Kier alpha value is -1.56. The molecule has 0 aromatic heterocycles. The van der Waals surface area contributed by atoms with E-state index in [-0.39, 0.29) is 5.91 Å². The van der Waals surface area contributed by atoms with Gasteiger partial charge in [0.15, 0.2) is 0 Å². The maximum absolute atomic E-state index is 12.1. The third kappa shape index (κ3) is 4.23. The Morgan fingerprint density at radius 1 is 1.20 bits per heavy atom. The minimum atomic E-state index is -0.117. The molecule has 0 atom stereocenters. The van der Waals surface area contributed by atoms with E-state index in [9.17, 15) is 4.79 Å². The Morgan fingerprint density at radius 2 is 1.95 bits per heavy atom. The maximum atomic E-state index is 12.1. The minimum Gasteiger partial charge on any atom is -0.494 e. The van der Waals surface area contributed by atoms with E-state index in [4.69, 9.17) is 4.74 Å². The summed E-state index contributed by atoms with van der Waals surface area (Å²) in [6, 6.07) is 14.9. The van der Waals surface area contributed by atoms with E-state index < -0.39 is 0 Å². The summed E-state index contributed by atoms with van der Waals surface area (Å²) >= 11 is 2.22. The number of hydrogen-bond acceptors (Lipinski definition) is 2. The quantitative estimate of drug-likeness (QED) is 0.783. The fourth-order valence-corrected chi connectivity index (χ4v) is 2.24. The second kappa shape index (κ2) is 7.28. The lowest BCUT2D eigenvalue weighted by molar-refractivity contribution is 0.102. The lowest BCUT2D eigenvalue weighted by Crippen LogP contribution is -2.11. The Kier molecular flexibility index (Phi) is 5.40. The van der Waals surface area contributed by atoms with Crippen molar-refractivity contribution in [3.63, 3.8) is 0 Å². The highest BCUT2D eigenvalue weighted by Gasteiger charge is 2.06. The second-order valence-corrected chi connectivity index (χ2v) is 5.58. The van der Waals surface area contributed by atoms with Crippen molar-refractivity contribution in [3.05, 3.63) is 57.7 Å². The normalized spacial score (nSPS) is 10.1. The molecule has 0 fully saturated rings. The molecule has 3 nitrogen and oxygen atoms in total. The smallest absolute Gasteiger partial charge is 0.255 e. The van der Waals surface area contributed by atoms with Crippen LogP contribution in [0.4, 0.5) is 5.69 Å². The van der Waals surface area contributed by atoms with E-state index in [1.54, 1.807) is 12.1 Å². The van der Waals surface area contributed by atoms with Gasteiger partial charge in [0.25, 0.3) is 5.91 Å². The number of amides is 1. The average Bonchev–Trinajstić information content (AvgIpc) is 2.45. The van der Waals surface area contributed by atoms with Crippen LogP contribution in [0.1, 0.15) is 23.7 Å². The molecule has 0 bridgehead atoms. The molecule has 0 spiro atoms. The Balaban J connectivity index is 2.02. The summed E-state index contributed by atoms with van der Waals surface area (Å²) in [4.78, 5) is 12.1. The Bertz CT molecular complexity index is 581. The first-order chi connectivity index (χ1) is 9.69. The van der Waals surface area contributed by atoms with Crippen molar-refractivity contribution in [1.82, 2.24) is 0 Å². The molecular weight excluding hydrogens is 365 g/mol. The number of nitrogens with one attached hydrogen (secondary N) is 1.